The lowest BCUT2D eigenvalue weighted by atomic mass is 10.6. The predicted molar refractivity (Wildman–Crippen MR) is 41.4 cm³/mol. The highest BCUT2D eigenvalue weighted by Gasteiger charge is 2.07. The third-order valence-electron chi connectivity index (χ3n) is 1.39. The van der Waals surface area contributed by atoms with Gasteiger partial charge in [-0.3, -0.25) is 10.1 Å². The maximum absolute atomic E-state index is 10.3. The van der Waals surface area contributed by atoms with Crippen LogP contribution in [-0.4, -0.2) is 35.1 Å². The van der Waals surface area contributed by atoms with E-state index >= 15 is 0 Å². The van der Waals surface area contributed by atoms with Crippen LogP contribution in [0.1, 0.15) is 0 Å². The second-order valence-electron chi connectivity index (χ2n) is 2.25. The van der Waals surface area contributed by atoms with Crippen molar-refractivity contribution in [1.29, 1.82) is 0 Å². The second kappa shape index (κ2) is 3.12. The Morgan fingerprint density at radius 3 is 2.57 bits per heavy atom. The van der Waals surface area contributed by atoms with E-state index in [0.29, 0.717) is 0 Å². The molecule has 2 aromatic rings. The summed E-state index contributed by atoms with van der Waals surface area (Å²) >= 11 is 0. The Kier molecular flexibility index (Phi) is 1.82. The molecule has 0 radical (unpaired) electrons. The standard InChI is InChI=1S/C5H3N7O2/c13-12(14)4-1-6-5(7-2-4)11-3-8-9-10-11/h1-3H. The summed E-state index contributed by atoms with van der Waals surface area (Å²) in [6.07, 6.45) is 3.47. The quantitative estimate of drug-likeness (QED) is 0.460. The van der Waals surface area contributed by atoms with Crippen molar-refractivity contribution in [2.75, 3.05) is 0 Å². The summed E-state index contributed by atoms with van der Waals surface area (Å²) in [4.78, 5) is 17.1. The van der Waals surface area contributed by atoms with Crippen LogP contribution < -0.4 is 0 Å². The number of hydrogen-bond acceptors (Lipinski definition) is 7. The molecule has 0 atom stereocenters. The zero-order valence-corrected chi connectivity index (χ0v) is 6.68. The molecular formula is C5H3N7O2. The van der Waals surface area contributed by atoms with Crippen LogP contribution in [0.25, 0.3) is 5.95 Å². The van der Waals surface area contributed by atoms with Gasteiger partial charge in [0.05, 0.1) is 4.92 Å². The first-order valence-electron chi connectivity index (χ1n) is 3.47. The molecule has 0 aliphatic carbocycles. The molecule has 9 nitrogen and oxygen atoms in total. The number of hydrogen-bond donors (Lipinski definition) is 0. The minimum absolute atomic E-state index is 0.179. The number of rotatable bonds is 2. The van der Waals surface area contributed by atoms with Crippen LogP contribution in [0.4, 0.5) is 5.69 Å². The molecule has 0 unspecified atom stereocenters. The molecule has 0 aliphatic heterocycles. The number of nitro groups is 1. The Hall–Kier alpha value is -2.45. The van der Waals surface area contributed by atoms with E-state index in [4.69, 9.17) is 0 Å². The summed E-state index contributed by atoms with van der Waals surface area (Å²) in [5, 5.41) is 20.5. The highest BCUT2D eigenvalue weighted by Crippen LogP contribution is 2.06. The van der Waals surface area contributed by atoms with Crippen LogP contribution in [0.2, 0.25) is 0 Å². The van der Waals surface area contributed by atoms with Crippen molar-refractivity contribution in [3.63, 3.8) is 0 Å². The van der Waals surface area contributed by atoms with Gasteiger partial charge in [0, 0.05) is 0 Å². The van der Waals surface area contributed by atoms with Gasteiger partial charge in [0.2, 0.25) is 0 Å². The number of nitrogens with zero attached hydrogens (tertiary/aromatic N) is 7. The monoisotopic (exact) mass is 193 g/mol. The Morgan fingerprint density at radius 1 is 1.36 bits per heavy atom. The molecule has 0 aliphatic rings. The molecule has 2 aromatic heterocycles. The second-order valence-corrected chi connectivity index (χ2v) is 2.25. The van der Waals surface area contributed by atoms with Crippen molar-refractivity contribution < 1.29 is 4.92 Å². The molecule has 9 heteroatoms. The van der Waals surface area contributed by atoms with E-state index in [0.717, 1.165) is 12.4 Å². The topological polar surface area (TPSA) is 113 Å². The number of tetrazole rings is 1. The molecule has 2 rings (SSSR count). The van der Waals surface area contributed by atoms with Gasteiger partial charge in [-0.1, -0.05) is 0 Å². The smallest absolute Gasteiger partial charge is 0.258 e. The Labute approximate surface area is 76.6 Å². The van der Waals surface area contributed by atoms with E-state index in [9.17, 15) is 10.1 Å². The van der Waals surface area contributed by atoms with Crippen molar-refractivity contribution >= 4 is 5.69 Å². The highest BCUT2D eigenvalue weighted by atomic mass is 16.6. The number of aromatic nitrogens is 6. The molecule has 0 bridgehead atoms. The lowest BCUT2D eigenvalue weighted by Crippen LogP contribution is -2.02. The molecule has 14 heavy (non-hydrogen) atoms. The minimum atomic E-state index is -0.580. The van der Waals surface area contributed by atoms with Gasteiger partial charge in [0.25, 0.3) is 5.95 Å². The average Bonchev–Trinajstić information content (AvgIpc) is 2.71. The maximum atomic E-state index is 10.3. The normalized spacial score (nSPS) is 10.0. The van der Waals surface area contributed by atoms with Crippen LogP contribution in [0.15, 0.2) is 18.7 Å². The van der Waals surface area contributed by atoms with Gasteiger partial charge < -0.3 is 0 Å². The SMILES string of the molecule is O=[N+]([O-])c1cnc(-n2cnnn2)nc1. The van der Waals surface area contributed by atoms with Crippen LogP contribution in [-0.2, 0) is 0 Å². The summed E-state index contributed by atoms with van der Waals surface area (Å²) in [7, 11) is 0. The first-order chi connectivity index (χ1) is 6.77. The van der Waals surface area contributed by atoms with Crippen LogP contribution in [0.3, 0.4) is 0 Å². The highest BCUT2D eigenvalue weighted by molar-refractivity contribution is 5.23. The summed E-state index contributed by atoms with van der Waals surface area (Å²) in [6, 6.07) is 0. The molecule has 0 amide bonds. The Morgan fingerprint density at radius 2 is 2.07 bits per heavy atom. The van der Waals surface area contributed by atoms with Crippen molar-refractivity contribution in [1.82, 2.24) is 30.2 Å². The lowest BCUT2D eigenvalue weighted by molar-refractivity contribution is -0.385. The van der Waals surface area contributed by atoms with Crippen molar-refractivity contribution in [2.45, 2.75) is 0 Å². The Bertz CT molecular complexity index is 436. The first-order valence-corrected chi connectivity index (χ1v) is 3.47. The van der Waals surface area contributed by atoms with E-state index in [2.05, 4.69) is 25.5 Å². The summed E-state index contributed by atoms with van der Waals surface area (Å²) in [6.45, 7) is 0. The van der Waals surface area contributed by atoms with Crippen molar-refractivity contribution in [2.24, 2.45) is 0 Å². The van der Waals surface area contributed by atoms with Gasteiger partial charge in [0.1, 0.15) is 18.7 Å². The van der Waals surface area contributed by atoms with Gasteiger partial charge in [-0.25, -0.2) is 9.97 Å². The fourth-order valence-corrected chi connectivity index (χ4v) is 0.780. The van der Waals surface area contributed by atoms with Crippen LogP contribution in [0, 0.1) is 10.1 Å². The van der Waals surface area contributed by atoms with E-state index in [1.54, 1.807) is 0 Å². The first kappa shape index (κ1) is 8.16. The molecule has 0 aromatic carbocycles. The van der Waals surface area contributed by atoms with Gasteiger partial charge in [-0.2, -0.15) is 4.68 Å². The van der Waals surface area contributed by atoms with Crippen molar-refractivity contribution in [3.05, 3.63) is 28.8 Å². The lowest BCUT2D eigenvalue weighted by Gasteiger charge is -1.94. The summed E-state index contributed by atoms with van der Waals surface area (Å²) in [5.41, 5.74) is -0.179. The molecule has 0 saturated heterocycles. The molecule has 0 saturated carbocycles. The van der Waals surface area contributed by atoms with E-state index in [1.165, 1.54) is 11.0 Å². The Balaban J connectivity index is 2.36. The summed E-state index contributed by atoms with van der Waals surface area (Å²) in [5.74, 6) is 0.181. The molecule has 0 spiro atoms. The van der Waals surface area contributed by atoms with Gasteiger partial charge >= 0.3 is 5.69 Å². The fraction of sp³-hybridized carbons (Fsp3) is 0. The fourth-order valence-electron chi connectivity index (χ4n) is 0.780. The third kappa shape index (κ3) is 1.37. The zero-order valence-electron chi connectivity index (χ0n) is 6.68. The molecule has 0 fully saturated rings. The summed E-state index contributed by atoms with van der Waals surface area (Å²) < 4.78 is 1.20. The third-order valence-corrected chi connectivity index (χ3v) is 1.39. The van der Waals surface area contributed by atoms with E-state index in [1.807, 2.05) is 0 Å². The van der Waals surface area contributed by atoms with Crippen LogP contribution >= 0.6 is 0 Å². The van der Waals surface area contributed by atoms with E-state index < -0.39 is 4.92 Å². The molecular weight excluding hydrogens is 190 g/mol. The van der Waals surface area contributed by atoms with Gasteiger partial charge in [-0.15, -0.1) is 5.10 Å². The largest absolute Gasteiger partial charge is 0.305 e. The molecule has 0 N–H and O–H groups in total. The zero-order chi connectivity index (χ0) is 9.97. The average molecular weight is 193 g/mol. The molecule has 2 heterocycles. The molecule has 70 valence electrons. The van der Waals surface area contributed by atoms with Gasteiger partial charge in [0.15, 0.2) is 0 Å². The maximum Gasteiger partial charge on any atom is 0.305 e. The van der Waals surface area contributed by atoms with E-state index in [-0.39, 0.29) is 11.6 Å². The minimum Gasteiger partial charge on any atom is -0.258 e. The van der Waals surface area contributed by atoms with Gasteiger partial charge in [-0.05, 0) is 10.4 Å². The predicted octanol–water partition coefficient (Wildman–Crippen LogP) is -0.640. The van der Waals surface area contributed by atoms with Crippen molar-refractivity contribution in [3.8, 4) is 5.95 Å². The van der Waals surface area contributed by atoms with Crippen LogP contribution in [0.5, 0.6) is 0 Å².